The molecular formula is C24H31IN6O2. The maximum atomic E-state index is 12.1. The van der Waals surface area contributed by atoms with Gasteiger partial charge in [0.05, 0.1) is 13.1 Å². The molecule has 0 spiro atoms. The third kappa shape index (κ3) is 6.59. The number of carbonyl (C=O) groups is 2. The molecule has 1 saturated heterocycles. The van der Waals surface area contributed by atoms with Crippen molar-refractivity contribution in [3.8, 4) is 0 Å². The van der Waals surface area contributed by atoms with Crippen molar-refractivity contribution in [2.24, 2.45) is 4.99 Å². The lowest BCUT2D eigenvalue weighted by atomic mass is 9.90. The molecule has 1 atom stereocenters. The van der Waals surface area contributed by atoms with Gasteiger partial charge in [0, 0.05) is 49.9 Å². The van der Waals surface area contributed by atoms with Crippen LogP contribution in [0.4, 0.5) is 11.4 Å². The lowest BCUT2D eigenvalue weighted by Gasteiger charge is -2.28. The Morgan fingerprint density at radius 3 is 2.64 bits per heavy atom. The Kier molecular flexibility index (Phi) is 8.93. The molecule has 0 aliphatic carbocycles. The molecule has 176 valence electrons. The van der Waals surface area contributed by atoms with Gasteiger partial charge in [-0.2, -0.15) is 0 Å². The number of nitrogens with zero attached hydrogens (tertiary/aromatic N) is 2. The first kappa shape index (κ1) is 24.8. The molecule has 2 aliphatic rings. The highest BCUT2D eigenvalue weighted by Gasteiger charge is 2.24. The molecule has 4 rings (SSSR count). The van der Waals surface area contributed by atoms with Crippen LogP contribution in [0.3, 0.4) is 0 Å². The molecule has 0 aromatic heterocycles. The van der Waals surface area contributed by atoms with Gasteiger partial charge in [-0.05, 0) is 36.2 Å². The standard InChI is InChI=1S/C24H30N6O2.HI/c1-2-25-24(28-15-18-13-22(31)29-21-6-4-3-5-20(18)21)27-14-17-7-9-19(10-8-17)30-12-11-26-23(32)16-30;/h3-10,18H,2,11-16H2,1H3,(H,26,32)(H,29,31)(H2,25,27,28);1H. The van der Waals surface area contributed by atoms with Gasteiger partial charge in [0.1, 0.15) is 0 Å². The largest absolute Gasteiger partial charge is 0.360 e. The minimum atomic E-state index is 0. The minimum Gasteiger partial charge on any atom is -0.360 e. The first-order chi connectivity index (χ1) is 15.6. The Bertz CT molecular complexity index is 995. The van der Waals surface area contributed by atoms with Crippen molar-refractivity contribution in [3.05, 3.63) is 59.7 Å². The van der Waals surface area contributed by atoms with E-state index >= 15 is 0 Å². The number of anilines is 2. The number of aliphatic imine (C=N–C) groups is 1. The molecule has 8 nitrogen and oxygen atoms in total. The van der Waals surface area contributed by atoms with Crippen LogP contribution < -0.4 is 26.2 Å². The number of hydrogen-bond acceptors (Lipinski definition) is 4. The number of carbonyl (C=O) groups excluding carboxylic acids is 2. The summed E-state index contributed by atoms with van der Waals surface area (Å²) in [4.78, 5) is 30.5. The normalized spacial score (nSPS) is 17.9. The fourth-order valence-electron chi connectivity index (χ4n) is 4.09. The molecule has 2 amide bonds. The molecule has 9 heteroatoms. The van der Waals surface area contributed by atoms with E-state index in [1.54, 1.807) is 0 Å². The zero-order valence-corrected chi connectivity index (χ0v) is 21.1. The summed E-state index contributed by atoms with van der Waals surface area (Å²) in [6, 6.07) is 16.1. The highest BCUT2D eigenvalue weighted by molar-refractivity contribution is 14.0. The lowest BCUT2D eigenvalue weighted by Crippen LogP contribution is -2.47. The van der Waals surface area contributed by atoms with Crippen molar-refractivity contribution in [1.82, 2.24) is 16.0 Å². The smallest absolute Gasteiger partial charge is 0.239 e. The van der Waals surface area contributed by atoms with E-state index < -0.39 is 0 Å². The summed E-state index contributed by atoms with van der Waals surface area (Å²) in [5.74, 6) is 0.936. The quantitative estimate of drug-likeness (QED) is 0.247. The summed E-state index contributed by atoms with van der Waals surface area (Å²) in [6.45, 7) is 5.85. The van der Waals surface area contributed by atoms with Crippen molar-refractivity contribution in [3.63, 3.8) is 0 Å². The number of piperazine rings is 1. The fraction of sp³-hybridized carbons (Fsp3) is 0.375. The average Bonchev–Trinajstić information content (AvgIpc) is 2.81. The van der Waals surface area contributed by atoms with Gasteiger partial charge in [-0.3, -0.25) is 9.59 Å². The first-order valence-corrected chi connectivity index (χ1v) is 11.1. The number of para-hydroxylation sites is 1. The van der Waals surface area contributed by atoms with Gasteiger partial charge in [-0.25, -0.2) is 4.99 Å². The number of nitrogens with one attached hydrogen (secondary N) is 4. The van der Waals surface area contributed by atoms with E-state index in [0.717, 1.165) is 41.6 Å². The fourth-order valence-corrected chi connectivity index (χ4v) is 4.09. The number of amides is 2. The van der Waals surface area contributed by atoms with Crippen molar-refractivity contribution in [1.29, 1.82) is 0 Å². The number of guanidine groups is 1. The number of fused-ring (bicyclic) bond motifs is 1. The summed E-state index contributed by atoms with van der Waals surface area (Å²) in [7, 11) is 0. The molecule has 2 aliphatic heterocycles. The number of halogens is 1. The molecular weight excluding hydrogens is 531 g/mol. The predicted octanol–water partition coefficient (Wildman–Crippen LogP) is 2.42. The number of benzene rings is 2. The number of rotatable bonds is 6. The Hall–Kier alpha value is -2.82. The van der Waals surface area contributed by atoms with Gasteiger partial charge in [-0.15, -0.1) is 24.0 Å². The van der Waals surface area contributed by atoms with Crippen LogP contribution in [0.2, 0.25) is 0 Å². The Morgan fingerprint density at radius 1 is 1.09 bits per heavy atom. The third-order valence-corrected chi connectivity index (χ3v) is 5.73. The molecule has 4 N–H and O–H groups in total. The molecule has 0 bridgehead atoms. The molecule has 2 heterocycles. The van der Waals surface area contributed by atoms with Crippen LogP contribution >= 0.6 is 24.0 Å². The van der Waals surface area contributed by atoms with E-state index in [4.69, 9.17) is 4.99 Å². The molecule has 0 radical (unpaired) electrons. The molecule has 2 aromatic carbocycles. The van der Waals surface area contributed by atoms with Crippen molar-refractivity contribution < 1.29 is 9.59 Å². The maximum absolute atomic E-state index is 12.1. The van der Waals surface area contributed by atoms with Crippen molar-refractivity contribution >= 4 is 53.1 Å². The second kappa shape index (κ2) is 11.9. The third-order valence-electron chi connectivity index (χ3n) is 5.73. The molecule has 0 saturated carbocycles. The zero-order valence-electron chi connectivity index (χ0n) is 18.8. The van der Waals surface area contributed by atoms with Gasteiger partial charge in [-0.1, -0.05) is 30.3 Å². The summed E-state index contributed by atoms with van der Waals surface area (Å²) >= 11 is 0. The van der Waals surface area contributed by atoms with Crippen molar-refractivity contribution in [2.45, 2.75) is 25.8 Å². The minimum absolute atomic E-state index is 0. The Labute approximate surface area is 211 Å². The van der Waals surface area contributed by atoms with E-state index in [9.17, 15) is 9.59 Å². The van der Waals surface area contributed by atoms with Crippen LogP contribution in [0.15, 0.2) is 53.5 Å². The molecule has 1 unspecified atom stereocenters. The van der Waals surface area contributed by atoms with E-state index in [1.807, 2.05) is 37.3 Å². The molecule has 1 fully saturated rings. The van der Waals surface area contributed by atoms with Crippen LogP contribution in [-0.4, -0.2) is 50.5 Å². The van der Waals surface area contributed by atoms with Crippen LogP contribution in [0.5, 0.6) is 0 Å². The monoisotopic (exact) mass is 562 g/mol. The average molecular weight is 562 g/mol. The van der Waals surface area contributed by atoms with E-state index in [0.29, 0.717) is 32.6 Å². The van der Waals surface area contributed by atoms with Gasteiger partial charge >= 0.3 is 0 Å². The molecule has 2 aromatic rings. The zero-order chi connectivity index (χ0) is 22.3. The molecule has 33 heavy (non-hydrogen) atoms. The van der Waals surface area contributed by atoms with Crippen LogP contribution in [0.25, 0.3) is 0 Å². The second-order valence-corrected chi connectivity index (χ2v) is 8.05. The van der Waals surface area contributed by atoms with Gasteiger partial charge in [0.15, 0.2) is 5.96 Å². The van der Waals surface area contributed by atoms with Crippen LogP contribution in [0, 0.1) is 0 Å². The van der Waals surface area contributed by atoms with Crippen molar-refractivity contribution in [2.75, 3.05) is 42.9 Å². The predicted molar refractivity (Wildman–Crippen MR) is 142 cm³/mol. The summed E-state index contributed by atoms with van der Waals surface area (Å²) in [5.41, 5.74) is 4.18. The Balaban J connectivity index is 0.00000306. The van der Waals surface area contributed by atoms with E-state index in [1.165, 1.54) is 0 Å². The second-order valence-electron chi connectivity index (χ2n) is 8.05. The van der Waals surface area contributed by atoms with E-state index in [-0.39, 0.29) is 41.7 Å². The highest BCUT2D eigenvalue weighted by atomic mass is 127. The maximum Gasteiger partial charge on any atom is 0.239 e. The summed E-state index contributed by atoms with van der Waals surface area (Å²) < 4.78 is 0. The van der Waals surface area contributed by atoms with Gasteiger partial charge < -0.3 is 26.2 Å². The van der Waals surface area contributed by atoms with Gasteiger partial charge in [0.25, 0.3) is 0 Å². The van der Waals surface area contributed by atoms with Crippen LogP contribution in [-0.2, 0) is 16.1 Å². The van der Waals surface area contributed by atoms with E-state index in [2.05, 4.69) is 44.4 Å². The first-order valence-electron chi connectivity index (χ1n) is 11.1. The summed E-state index contributed by atoms with van der Waals surface area (Å²) in [5, 5.41) is 12.5. The number of hydrogen-bond donors (Lipinski definition) is 4. The summed E-state index contributed by atoms with van der Waals surface area (Å²) in [6.07, 6.45) is 0.458. The topological polar surface area (TPSA) is 97.9 Å². The van der Waals surface area contributed by atoms with Crippen LogP contribution in [0.1, 0.15) is 30.4 Å². The Morgan fingerprint density at radius 2 is 1.88 bits per heavy atom. The van der Waals surface area contributed by atoms with Gasteiger partial charge in [0.2, 0.25) is 11.8 Å². The SMILES string of the molecule is CCNC(=NCc1ccc(N2CCNC(=O)C2)cc1)NCC1CC(=O)Nc2ccccc21.I. The lowest BCUT2D eigenvalue weighted by molar-refractivity contribution is -0.120. The highest BCUT2D eigenvalue weighted by Crippen LogP contribution is 2.31.